The molecule has 0 aliphatic rings. The lowest BCUT2D eigenvalue weighted by molar-refractivity contribution is 0.0263. The van der Waals surface area contributed by atoms with Crippen LogP contribution in [0.25, 0.3) is 11.1 Å². The van der Waals surface area contributed by atoms with Crippen molar-refractivity contribution in [2.24, 2.45) is 0 Å². The highest BCUT2D eigenvalue weighted by Gasteiger charge is 2.20. The highest BCUT2D eigenvalue weighted by atomic mass is 16.6. The van der Waals surface area contributed by atoms with Crippen LogP contribution in [0.4, 0.5) is 0 Å². The third kappa shape index (κ3) is 13.4. The third-order valence-corrected chi connectivity index (χ3v) is 8.49. The lowest BCUT2D eigenvalue weighted by atomic mass is 10.0. The zero-order valence-electron chi connectivity index (χ0n) is 28.6. The van der Waals surface area contributed by atoms with Crippen LogP contribution in [0, 0.1) is 0 Å². The predicted octanol–water partition coefficient (Wildman–Crippen LogP) is 11.8. The van der Waals surface area contributed by atoms with E-state index in [1.165, 1.54) is 70.6 Å². The van der Waals surface area contributed by atoms with Gasteiger partial charge in [-0.15, -0.1) is 0 Å². The maximum atomic E-state index is 13.1. The molecule has 0 aromatic heterocycles. The molecule has 1 atom stereocenters. The van der Waals surface area contributed by atoms with E-state index in [0.717, 1.165) is 55.6 Å². The fraction of sp³-hybridized carbons (Fsp3) is 0.512. The summed E-state index contributed by atoms with van der Waals surface area (Å²) in [5.41, 5.74) is 2.70. The molecule has 0 saturated heterocycles. The van der Waals surface area contributed by atoms with Crippen molar-refractivity contribution in [3.63, 3.8) is 0 Å². The fourth-order valence-corrected chi connectivity index (χ4v) is 5.56. The minimum Gasteiger partial charge on any atom is -0.494 e. The Bertz CT molecular complexity index is 1260. The van der Waals surface area contributed by atoms with Gasteiger partial charge in [0.15, 0.2) is 0 Å². The molecule has 3 aromatic rings. The van der Waals surface area contributed by atoms with E-state index in [-0.39, 0.29) is 17.4 Å². The predicted molar refractivity (Wildman–Crippen MR) is 189 cm³/mol. The first-order valence-corrected chi connectivity index (χ1v) is 17.9. The summed E-state index contributed by atoms with van der Waals surface area (Å²) in [5, 5.41) is 0. The highest BCUT2D eigenvalue weighted by molar-refractivity contribution is 5.96. The number of para-hydroxylation sites is 1. The number of rotatable bonds is 23. The van der Waals surface area contributed by atoms with Crippen molar-refractivity contribution in [3.8, 4) is 22.6 Å². The van der Waals surface area contributed by atoms with E-state index in [1.807, 2.05) is 43.3 Å². The van der Waals surface area contributed by atoms with Crippen molar-refractivity contribution in [2.45, 2.75) is 130 Å². The van der Waals surface area contributed by atoms with E-state index in [4.69, 9.17) is 14.2 Å². The number of hydrogen-bond donors (Lipinski definition) is 0. The number of hydrogen-bond acceptors (Lipinski definition) is 5. The Kier molecular flexibility index (Phi) is 17.6. The van der Waals surface area contributed by atoms with E-state index in [1.54, 1.807) is 36.4 Å². The first-order chi connectivity index (χ1) is 22.5. The molecule has 3 aromatic carbocycles. The minimum atomic E-state index is -0.518. The number of esters is 2. The summed E-state index contributed by atoms with van der Waals surface area (Å²) < 4.78 is 17.5. The van der Waals surface area contributed by atoms with Gasteiger partial charge in [-0.1, -0.05) is 134 Å². The maximum absolute atomic E-state index is 13.1. The third-order valence-electron chi connectivity index (χ3n) is 8.49. The second kappa shape index (κ2) is 22.0. The van der Waals surface area contributed by atoms with Crippen molar-refractivity contribution in [1.29, 1.82) is 0 Å². The molecule has 0 heterocycles. The SMILES string of the molecule is CCCCCCCCCCOc1ccc(-c2ccc(C(=O)Oc3ccccc3C(=O)OC(CC)CCCCCCCC)cc2)cc1. The van der Waals surface area contributed by atoms with Crippen LogP contribution >= 0.6 is 0 Å². The molecule has 0 aliphatic carbocycles. The summed E-state index contributed by atoms with van der Waals surface area (Å²) in [7, 11) is 0. The summed E-state index contributed by atoms with van der Waals surface area (Å²) in [6, 6.07) is 22.2. The Morgan fingerprint density at radius 2 is 1.13 bits per heavy atom. The monoisotopic (exact) mass is 628 g/mol. The maximum Gasteiger partial charge on any atom is 0.343 e. The van der Waals surface area contributed by atoms with Crippen LogP contribution in [0.15, 0.2) is 72.8 Å². The minimum absolute atomic E-state index is 0.148. The molecule has 0 fully saturated rings. The van der Waals surface area contributed by atoms with E-state index >= 15 is 0 Å². The van der Waals surface area contributed by atoms with Gasteiger partial charge < -0.3 is 14.2 Å². The summed E-state index contributed by atoms with van der Waals surface area (Å²) in [5.74, 6) is 0.104. The Morgan fingerprint density at radius 3 is 1.74 bits per heavy atom. The fourth-order valence-electron chi connectivity index (χ4n) is 5.56. The molecule has 250 valence electrons. The number of unbranched alkanes of at least 4 members (excludes halogenated alkanes) is 12. The van der Waals surface area contributed by atoms with Crippen LogP contribution < -0.4 is 9.47 Å². The van der Waals surface area contributed by atoms with Crippen molar-refractivity contribution >= 4 is 11.9 Å². The first-order valence-electron chi connectivity index (χ1n) is 17.9. The Hall–Kier alpha value is -3.60. The quantitative estimate of drug-likeness (QED) is 0.0594. The van der Waals surface area contributed by atoms with Crippen LogP contribution in [0.1, 0.15) is 144 Å². The second-order valence-electron chi connectivity index (χ2n) is 12.3. The van der Waals surface area contributed by atoms with E-state index in [2.05, 4.69) is 13.8 Å². The molecule has 5 nitrogen and oxygen atoms in total. The van der Waals surface area contributed by atoms with Gasteiger partial charge in [0.25, 0.3) is 0 Å². The van der Waals surface area contributed by atoms with E-state index in [9.17, 15) is 9.59 Å². The van der Waals surface area contributed by atoms with Crippen LogP contribution in [0.5, 0.6) is 11.5 Å². The topological polar surface area (TPSA) is 61.8 Å². The molecule has 0 bridgehead atoms. The number of benzene rings is 3. The normalized spacial score (nSPS) is 11.6. The highest BCUT2D eigenvalue weighted by Crippen LogP contribution is 2.25. The van der Waals surface area contributed by atoms with Crippen molar-refractivity contribution < 1.29 is 23.8 Å². The van der Waals surface area contributed by atoms with Gasteiger partial charge in [-0.2, -0.15) is 0 Å². The van der Waals surface area contributed by atoms with Gasteiger partial charge in [0.1, 0.15) is 23.2 Å². The van der Waals surface area contributed by atoms with Gasteiger partial charge >= 0.3 is 11.9 Å². The molecular formula is C41H56O5. The molecule has 3 rings (SSSR count). The van der Waals surface area contributed by atoms with Gasteiger partial charge in [0, 0.05) is 0 Å². The molecule has 0 N–H and O–H groups in total. The van der Waals surface area contributed by atoms with Gasteiger partial charge in [-0.25, -0.2) is 9.59 Å². The average Bonchev–Trinajstić information content (AvgIpc) is 3.09. The largest absolute Gasteiger partial charge is 0.494 e. The first kappa shape index (κ1) is 36.9. The number of carbonyl (C=O) groups is 2. The summed E-state index contributed by atoms with van der Waals surface area (Å²) >= 11 is 0. The summed E-state index contributed by atoms with van der Waals surface area (Å²) in [6.45, 7) is 7.24. The standard InChI is InChI=1S/C41H56O5/c1-4-7-9-11-13-14-16-20-32-44-37-30-28-34(29-31-37)33-24-26-35(27-25-33)40(42)46-39-23-19-18-22-38(39)41(43)45-36(6-3)21-17-15-12-10-8-5-2/h18-19,22-31,36H,4-17,20-21,32H2,1-3H3. The number of ether oxygens (including phenoxy) is 3. The van der Waals surface area contributed by atoms with Crippen molar-refractivity contribution in [1.82, 2.24) is 0 Å². The number of carbonyl (C=O) groups excluding carboxylic acids is 2. The summed E-state index contributed by atoms with van der Waals surface area (Å²) in [6.07, 6.45) is 18.9. The van der Waals surface area contributed by atoms with Crippen LogP contribution in [0.3, 0.4) is 0 Å². The van der Waals surface area contributed by atoms with Crippen LogP contribution in [-0.4, -0.2) is 24.6 Å². The second-order valence-corrected chi connectivity index (χ2v) is 12.3. The molecule has 0 spiro atoms. The molecule has 0 saturated carbocycles. The van der Waals surface area contributed by atoms with Gasteiger partial charge in [0.2, 0.25) is 0 Å². The lowest BCUT2D eigenvalue weighted by Crippen LogP contribution is -2.19. The molecule has 46 heavy (non-hydrogen) atoms. The van der Waals surface area contributed by atoms with E-state index in [0.29, 0.717) is 5.56 Å². The van der Waals surface area contributed by atoms with Crippen LogP contribution in [0.2, 0.25) is 0 Å². The van der Waals surface area contributed by atoms with Crippen molar-refractivity contribution in [3.05, 3.63) is 83.9 Å². The smallest absolute Gasteiger partial charge is 0.343 e. The average molecular weight is 629 g/mol. The molecule has 5 heteroatoms. The van der Waals surface area contributed by atoms with Gasteiger partial charge in [-0.05, 0) is 73.2 Å². The molecule has 0 radical (unpaired) electrons. The Morgan fingerprint density at radius 1 is 0.587 bits per heavy atom. The zero-order valence-corrected chi connectivity index (χ0v) is 28.6. The van der Waals surface area contributed by atoms with Gasteiger partial charge in [-0.3, -0.25) is 0 Å². The molecule has 1 unspecified atom stereocenters. The Balaban J connectivity index is 1.47. The molecular weight excluding hydrogens is 572 g/mol. The van der Waals surface area contributed by atoms with E-state index < -0.39 is 11.9 Å². The lowest BCUT2D eigenvalue weighted by Gasteiger charge is -2.17. The zero-order chi connectivity index (χ0) is 32.8. The summed E-state index contributed by atoms with van der Waals surface area (Å²) in [4.78, 5) is 26.1. The van der Waals surface area contributed by atoms with Crippen LogP contribution in [-0.2, 0) is 4.74 Å². The van der Waals surface area contributed by atoms with Crippen molar-refractivity contribution in [2.75, 3.05) is 6.61 Å². The molecule has 0 amide bonds. The Labute approximate surface area is 278 Å². The molecule has 0 aliphatic heterocycles. The van der Waals surface area contributed by atoms with Gasteiger partial charge in [0.05, 0.1) is 12.2 Å².